The van der Waals surface area contributed by atoms with Gasteiger partial charge in [-0.05, 0) is 6.92 Å². The standard InChI is InChI=1S/C8H13N3O2/c1-6(12)3-10-8-7(13-2)4-9-5-11-8/h4-6,12H,3H2,1-2H3,(H,9,10,11). The zero-order chi connectivity index (χ0) is 9.68. The number of nitrogens with one attached hydrogen (secondary N) is 1. The molecule has 1 rings (SSSR count). The van der Waals surface area contributed by atoms with Crippen molar-refractivity contribution in [3.8, 4) is 5.75 Å². The van der Waals surface area contributed by atoms with Crippen molar-refractivity contribution < 1.29 is 9.84 Å². The van der Waals surface area contributed by atoms with E-state index in [1.807, 2.05) is 0 Å². The Bertz CT molecular complexity index is 265. The van der Waals surface area contributed by atoms with Gasteiger partial charge in [0, 0.05) is 6.54 Å². The summed E-state index contributed by atoms with van der Waals surface area (Å²) in [5, 5.41) is 12.0. The lowest BCUT2D eigenvalue weighted by Gasteiger charge is -2.09. The average Bonchev–Trinajstić information content (AvgIpc) is 2.15. The van der Waals surface area contributed by atoms with Gasteiger partial charge in [-0.15, -0.1) is 0 Å². The molecular formula is C8H13N3O2. The van der Waals surface area contributed by atoms with Gasteiger partial charge in [0.1, 0.15) is 6.33 Å². The Morgan fingerprint density at radius 1 is 1.69 bits per heavy atom. The Morgan fingerprint density at radius 2 is 2.46 bits per heavy atom. The highest BCUT2D eigenvalue weighted by Gasteiger charge is 2.03. The minimum Gasteiger partial charge on any atom is -0.491 e. The van der Waals surface area contributed by atoms with Gasteiger partial charge >= 0.3 is 0 Å². The SMILES string of the molecule is COc1cncnc1NCC(C)O. The molecule has 0 radical (unpaired) electrons. The van der Waals surface area contributed by atoms with E-state index in [-0.39, 0.29) is 0 Å². The predicted molar refractivity (Wildman–Crippen MR) is 48.8 cm³/mol. The third kappa shape index (κ3) is 2.87. The van der Waals surface area contributed by atoms with E-state index in [4.69, 9.17) is 9.84 Å². The molecule has 2 N–H and O–H groups in total. The van der Waals surface area contributed by atoms with Crippen molar-refractivity contribution in [1.29, 1.82) is 0 Å². The van der Waals surface area contributed by atoms with Crippen LogP contribution >= 0.6 is 0 Å². The topological polar surface area (TPSA) is 67.3 Å². The molecule has 0 amide bonds. The molecule has 0 bridgehead atoms. The number of ether oxygens (including phenoxy) is 1. The van der Waals surface area contributed by atoms with E-state index in [1.165, 1.54) is 6.33 Å². The van der Waals surface area contributed by atoms with Crippen molar-refractivity contribution in [3.63, 3.8) is 0 Å². The molecule has 0 spiro atoms. The van der Waals surface area contributed by atoms with Crippen molar-refractivity contribution >= 4 is 5.82 Å². The first-order chi connectivity index (χ1) is 6.24. The number of hydrogen-bond donors (Lipinski definition) is 2. The van der Waals surface area contributed by atoms with Gasteiger partial charge in [-0.25, -0.2) is 9.97 Å². The molecule has 0 aliphatic carbocycles. The quantitative estimate of drug-likeness (QED) is 0.701. The summed E-state index contributed by atoms with van der Waals surface area (Å²) in [6.45, 7) is 2.13. The molecule has 0 fully saturated rings. The highest BCUT2D eigenvalue weighted by atomic mass is 16.5. The number of anilines is 1. The molecule has 5 heteroatoms. The largest absolute Gasteiger partial charge is 0.491 e. The van der Waals surface area contributed by atoms with Crippen LogP contribution in [-0.2, 0) is 0 Å². The van der Waals surface area contributed by atoms with Crippen LogP contribution in [-0.4, -0.2) is 34.8 Å². The molecule has 0 saturated heterocycles. The molecular weight excluding hydrogens is 170 g/mol. The first-order valence-corrected chi connectivity index (χ1v) is 4.00. The van der Waals surface area contributed by atoms with E-state index in [2.05, 4.69) is 15.3 Å². The Kier molecular flexibility index (Phi) is 3.45. The predicted octanol–water partition coefficient (Wildman–Crippen LogP) is 0.278. The second kappa shape index (κ2) is 4.61. The van der Waals surface area contributed by atoms with Crippen molar-refractivity contribution in [2.45, 2.75) is 13.0 Å². The van der Waals surface area contributed by atoms with Crippen LogP contribution in [0, 0.1) is 0 Å². The van der Waals surface area contributed by atoms with Crippen molar-refractivity contribution in [2.75, 3.05) is 19.0 Å². The van der Waals surface area contributed by atoms with E-state index in [0.29, 0.717) is 18.1 Å². The van der Waals surface area contributed by atoms with Crippen LogP contribution in [0.4, 0.5) is 5.82 Å². The Balaban J connectivity index is 2.64. The van der Waals surface area contributed by atoms with Crippen LogP contribution in [0.1, 0.15) is 6.92 Å². The third-order valence-corrected chi connectivity index (χ3v) is 1.46. The summed E-state index contributed by atoms with van der Waals surface area (Å²) < 4.78 is 5.01. The van der Waals surface area contributed by atoms with Crippen molar-refractivity contribution in [2.24, 2.45) is 0 Å². The number of hydrogen-bond acceptors (Lipinski definition) is 5. The number of nitrogens with zero attached hydrogens (tertiary/aromatic N) is 2. The average molecular weight is 183 g/mol. The number of rotatable bonds is 4. The fourth-order valence-electron chi connectivity index (χ4n) is 0.843. The van der Waals surface area contributed by atoms with Crippen molar-refractivity contribution in [3.05, 3.63) is 12.5 Å². The fourth-order valence-corrected chi connectivity index (χ4v) is 0.843. The Morgan fingerprint density at radius 3 is 3.08 bits per heavy atom. The molecule has 1 heterocycles. The summed E-state index contributed by atoms with van der Waals surface area (Å²) in [6, 6.07) is 0. The summed E-state index contributed by atoms with van der Waals surface area (Å²) in [5.74, 6) is 1.17. The molecule has 1 aromatic heterocycles. The maximum Gasteiger partial charge on any atom is 0.179 e. The smallest absolute Gasteiger partial charge is 0.179 e. The molecule has 0 aliphatic heterocycles. The minimum absolute atomic E-state index is 0.417. The van der Waals surface area contributed by atoms with Gasteiger partial charge < -0.3 is 15.2 Å². The number of aliphatic hydroxyl groups excluding tert-OH is 1. The normalized spacial score (nSPS) is 12.2. The van der Waals surface area contributed by atoms with Gasteiger partial charge in [0.15, 0.2) is 11.6 Å². The Labute approximate surface area is 76.8 Å². The summed E-state index contributed by atoms with van der Waals surface area (Å²) >= 11 is 0. The number of methoxy groups -OCH3 is 1. The van der Waals surface area contributed by atoms with E-state index in [9.17, 15) is 0 Å². The fraction of sp³-hybridized carbons (Fsp3) is 0.500. The van der Waals surface area contributed by atoms with E-state index in [0.717, 1.165) is 0 Å². The van der Waals surface area contributed by atoms with Crippen LogP contribution < -0.4 is 10.1 Å². The minimum atomic E-state index is -0.417. The van der Waals surface area contributed by atoms with Gasteiger partial charge in [-0.1, -0.05) is 0 Å². The van der Waals surface area contributed by atoms with Crippen molar-refractivity contribution in [1.82, 2.24) is 9.97 Å². The maximum absolute atomic E-state index is 9.03. The summed E-state index contributed by atoms with van der Waals surface area (Å²) in [6.07, 6.45) is 2.57. The van der Waals surface area contributed by atoms with Crippen LogP contribution in [0.3, 0.4) is 0 Å². The molecule has 0 saturated carbocycles. The lowest BCUT2D eigenvalue weighted by atomic mass is 10.4. The molecule has 0 aliphatic rings. The Hall–Kier alpha value is -1.36. The van der Waals surface area contributed by atoms with Crippen LogP contribution in [0.5, 0.6) is 5.75 Å². The monoisotopic (exact) mass is 183 g/mol. The number of aliphatic hydroxyl groups is 1. The maximum atomic E-state index is 9.03. The van der Waals surface area contributed by atoms with Gasteiger partial charge in [-0.2, -0.15) is 0 Å². The van der Waals surface area contributed by atoms with E-state index < -0.39 is 6.10 Å². The summed E-state index contributed by atoms with van der Waals surface area (Å²) in [7, 11) is 1.55. The second-order valence-corrected chi connectivity index (χ2v) is 2.67. The highest BCUT2D eigenvalue weighted by molar-refractivity contribution is 5.47. The molecule has 72 valence electrons. The first kappa shape index (κ1) is 9.73. The van der Waals surface area contributed by atoms with Gasteiger partial charge in [0.05, 0.1) is 19.4 Å². The van der Waals surface area contributed by atoms with Crippen LogP contribution in [0.25, 0.3) is 0 Å². The highest BCUT2D eigenvalue weighted by Crippen LogP contribution is 2.18. The van der Waals surface area contributed by atoms with E-state index in [1.54, 1.807) is 20.2 Å². The second-order valence-electron chi connectivity index (χ2n) is 2.67. The zero-order valence-corrected chi connectivity index (χ0v) is 7.69. The van der Waals surface area contributed by atoms with Gasteiger partial charge in [0.2, 0.25) is 0 Å². The van der Waals surface area contributed by atoms with Crippen LogP contribution in [0.2, 0.25) is 0 Å². The first-order valence-electron chi connectivity index (χ1n) is 4.00. The van der Waals surface area contributed by atoms with Gasteiger partial charge in [-0.3, -0.25) is 0 Å². The lowest BCUT2D eigenvalue weighted by Crippen LogP contribution is -2.16. The molecule has 1 aromatic rings. The molecule has 0 aromatic carbocycles. The zero-order valence-electron chi connectivity index (χ0n) is 7.69. The van der Waals surface area contributed by atoms with E-state index >= 15 is 0 Å². The summed E-state index contributed by atoms with van der Waals surface area (Å²) in [4.78, 5) is 7.77. The number of aromatic nitrogens is 2. The molecule has 13 heavy (non-hydrogen) atoms. The third-order valence-electron chi connectivity index (χ3n) is 1.46. The summed E-state index contributed by atoms with van der Waals surface area (Å²) in [5.41, 5.74) is 0. The lowest BCUT2D eigenvalue weighted by molar-refractivity contribution is 0.208. The molecule has 5 nitrogen and oxygen atoms in total. The van der Waals surface area contributed by atoms with Gasteiger partial charge in [0.25, 0.3) is 0 Å². The van der Waals surface area contributed by atoms with Crippen LogP contribution in [0.15, 0.2) is 12.5 Å². The molecule has 1 atom stereocenters. The molecule has 1 unspecified atom stereocenters.